The van der Waals surface area contributed by atoms with E-state index in [4.69, 9.17) is 9.84 Å². The fourth-order valence-electron chi connectivity index (χ4n) is 1.70. The minimum Gasteiger partial charge on any atom is -0.756 e. The average Bonchev–Trinajstić information content (AvgIpc) is 2.53. The number of rotatable bonds is 12. The van der Waals surface area contributed by atoms with Crippen LogP contribution in [-0.4, -0.2) is 31.9 Å². The first-order valence-electron chi connectivity index (χ1n) is 8.25. The number of carbonyl (C=O) groups excluding carboxylic acids is 1. The largest absolute Gasteiger partial charge is 0.756 e. The van der Waals surface area contributed by atoms with Gasteiger partial charge in [-0.3, -0.25) is 4.57 Å². The van der Waals surface area contributed by atoms with E-state index in [2.05, 4.69) is 16.0 Å². The van der Waals surface area contributed by atoms with E-state index in [-0.39, 0.29) is 5.76 Å². The van der Waals surface area contributed by atoms with Crippen LogP contribution in [0, 0.1) is 0 Å². The summed E-state index contributed by atoms with van der Waals surface area (Å²) in [5, 5.41) is 8.83. The predicted octanol–water partition coefficient (Wildman–Crippen LogP) is 3.88. The lowest BCUT2D eigenvalue weighted by Crippen LogP contribution is -2.03. The number of ether oxygens (including phenoxy) is 1. The molecule has 24 heavy (non-hydrogen) atoms. The molecule has 0 saturated carbocycles. The summed E-state index contributed by atoms with van der Waals surface area (Å²) in [7, 11) is -1.83. The Kier molecular flexibility index (Phi) is 17.9. The van der Waals surface area contributed by atoms with Gasteiger partial charge < -0.3 is 23.8 Å². The van der Waals surface area contributed by atoms with Crippen LogP contribution in [0.3, 0.4) is 0 Å². The maximum atomic E-state index is 11.0. The van der Waals surface area contributed by atoms with Gasteiger partial charge in [0.25, 0.3) is 7.82 Å². The Morgan fingerprint density at radius 1 is 1.04 bits per heavy atom. The van der Waals surface area contributed by atoms with Gasteiger partial charge >= 0.3 is 5.97 Å². The third-order valence-corrected chi connectivity index (χ3v) is 3.91. The van der Waals surface area contributed by atoms with Gasteiger partial charge in [-0.1, -0.05) is 51.9 Å². The summed E-state index contributed by atoms with van der Waals surface area (Å²) in [6, 6.07) is 0. The molecule has 0 fully saturated rings. The van der Waals surface area contributed by atoms with Crippen LogP contribution in [0.5, 0.6) is 0 Å². The fraction of sp³-hybridized carbons (Fsp3) is 0.812. The number of hydrogen-bond donors (Lipinski definition) is 1. The van der Waals surface area contributed by atoms with Crippen molar-refractivity contribution in [1.29, 1.82) is 0 Å². The third-order valence-electron chi connectivity index (χ3n) is 3.02. The molecule has 0 atom stereocenters. The molecule has 0 heterocycles. The average molecular weight is 367 g/mol. The van der Waals surface area contributed by atoms with Crippen molar-refractivity contribution in [3.8, 4) is 0 Å². The van der Waals surface area contributed by atoms with Crippen LogP contribution in [0.15, 0.2) is 11.8 Å². The molecule has 0 amide bonds. The summed E-state index contributed by atoms with van der Waals surface area (Å²) >= 11 is 0. The van der Waals surface area contributed by atoms with Crippen molar-refractivity contribution in [1.82, 2.24) is 0 Å². The zero-order valence-electron chi connectivity index (χ0n) is 15.3. The number of aliphatic hydroxyl groups excluding tert-OH is 1. The molecular formula is C16H32O7P-. The van der Waals surface area contributed by atoms with Crippen LogP contribution in [0.4, 0.5) is 0 Å². The number of phosphoric ester groups is 1. The second kappa shape index (κ2) is 17.0. The monoisotopic (exact) mass is 367 g/mol. The topological polar surface area (TPSA) is 105 Å². The lowest BCUT2D eigenvalue weighted by molar-refractivity contribution is -0.220. The van der Waals surface area contributed by atoms with Crippen molar-refractivity contribution in [2.24, 2.45) is 0 Å². The molecule has 1 N–H and O–H groups in total. The molecule has 0 spiro atoms. The Labute approximate surface area is 145 Å². The van der Waals surface area contributed by atoms with Gasteiger partial charge in [0.1, 0.15) is 0 Å². The third kappa shape index (κ3) is 21.1. The zero-order chi connectivity index (χ0) is 18.8. The molecular weight excluding hydrogens is 335 g/mol. The Morgan fingerprint density at radius 3 is 1.88 bits per heavy atom. The molecule has 0 aliphatic rings. The molecule has 0 aromatic heterocycles. The highest BCUT2D eigenvalue weighted by atomic mass is 31.2. The van der Waals surface area contributed by atoms with Crippen LogP contribution in [0.25, 0.3) is 0 Å². The number of allylic oxidation sites excluding steroid dienone is 1. The molecule has 144 valence electrons. The highest BCUT2D eigenvalue weighted by Crippen LogP contribution is 2.34. The minimum atomic E-state index is -3.90. The van der Waals surface area contributed by atoms with E-state index in [1.54, 1.807) is 0 Å². The summed E-state index contributed by atoms with van der Waals surface area (Å²) in [6.45, 7) is 4.13. The molecule has 8 heteroatoms. The summed E-state index contributed by atoms with van der Waals surface area (Å²) in [4.78, 5) is 21.0. The molecule has 0 aromatic rings. The SMILES string of the molecule is CCCCCCCCCCOC(=O)/C=C(/C)O.COP(=O)([O-])OC. The van der Waals surface area contributed by atoms with Crippen molar-refractivity contribution in [2.75, 3.05) is 20.8 Å². The molecule has 0 saturated heterocycles. The van der Waals surface area contributed by atoms with Crippen LogP contribution < -0.4 is 4.89 Å². The summed E-state index contributed by atoms with van der Waals surface area (Å²) in [5.41, 5.74) is 0. The van der Waals surface area contributed by atoms with Gasteiger partial charge in [-0.15, -0.1) is 0 Å². The molecule has 0 aliphatic carbocycles. The van der Waals surface area contributed by atoms with Crippen molar-refractivity contribution >= 4 is 13.8 Å². The zero-order valence-corrected chi connectivity index (χ0v) is 16.2. The number of hydrogen-bond acceptors (Lipinski definition) is 7. The minimum absolute atomic E-state index is 0.00840. The van der Waals surface area contributed by atoms with Crippen LogP contribution in [0.1, 0.15) is 65.2 Å². The maximum Gasteiger partial charge on any atom is 0.334 e. The van der Waals surface area contributed by atoms with E-state index in [1.807, 2.05) is 0 Å². The van der Waals surface area contributed by atoms with Crippen molar-refractivity contribution < 1.29 is 33.1 Å². The van der Waals surface area contributed by atoms with E-state index in [0.29, 0.717) is 6.61 Å². The number of aliphatic hydroxyl groups is 1. The van der Waals surface area contributed by atoms with Crippen molar-refractivity contribution in [3.05, 3.63) is 11.8 Å². The molecule has 0 radical (unpaired) electrons. The van der Waals surface area contributed by atoms with Gasteiger partial charge in [0.2, 0.25) is 0 Å². The Hall–Kier alpha value is -0.880. The number of carbonyl (C=O) groups is 1. The Bertz CT molecular complexity index is 371. The Morgan fingerprint density at radius 2 is 1.50 bits per heavy atom. The first-order valence-corrected chi connectivity index (χ1v) is 9.71. The molecule has 7 nitrogen and oxygen atoms in total. The second-order valence-electron chi connectivity index (χ2n) is 5.24. The molecule has 0 rings (SSSR count). The normalized spacial score (nSPS) is 11.6. The van der Waals surface area contributed by atoms with Gasteiger partial charge in [-0.05, 0) is 13.3 Å². The van der Waals surface area contributed by atoms with Gasteiger partial charge in [0.15, 0.2) is 0 Å². The first-order chi connectivity index (χ1) is 11.3. The van der Waals surface area contributed by atoms with E-state index in [0.717, 1.165) is 33.1 Å². The van der Waals surface area contributed by atoms with Crippen molar-refractivity contribution in [3.63, 3.8) is 0 Å². The summed E-state index contributed by atoms with van der Waals surface area (Å²) in [6.07, 6.45) is 10.9. The van der Waals surface area contributed by atoms with E-state index >= 15 is 0 Å². The summed E-state index contributed by atoms with van der Waals surface area (Å²) in [5.74, 6) is -0.459. The Balaban J connectivity index is 0. The first kappa shape index (κ1) is 25.4. The predicted molar refractivity (Wildman–Crippen MR) is 91.6 cm³/mol. The molecule has 0 bridgehead atoms. The van der Waals surface area contributed by atoms with E-state index in [1.165, 1.54) is 45.4 Å². The highest BCUT2D eigenvalue weighted by Gasteiger charge is 1.99. The van der Waals surface area contributed by atoms with E-state index < -0.39 is 13.8 Å². The number of esters is 1. The standard InChI is InChI=1S/C14H26O3.C2H7O4P/c1-3-4-5-6-7-8-9-10-11-17-14(16)12-13(2)15;1-5-7(3,4)6-2/h12,15H,3-11H2,1-2H3;1-2H3,(H,3,4)/p-1/b13-12-;. The second-order valence-corrected chi connectivity index (χ2v) is 6.87. The smallest absolute Gasteiger partial charge is 0.334 e. The molecule has 0 unspecified atom stereocenters. The van der Waals surface area contributed by atoms with Gasteiger partial charge in [0, 0.05) is 14.2 Å². The van der Waals surface area contributed by atoms with Gasteiger partial charge in [-0.2, -0.15) is 0 Å². The molecule has 0 aromatic carbocycles. The molecule has 0 aliphatic heterocycles. The summed E-state index contributed by atoms with van der Waals surface area (Å²) < 4.78 is 22.6. The van der Waals surface area contributed by atoms with Gasteiger partial charge in [0.05, 0.1) is 18.4 Å². The van der Waals surface area contributed by atoms with Crippen LogP contribution in [0.2, 0.25) is 0 Å². The number of phosphoric acid groups is 1. The maximum absolute atomic E-state index is 11.0. The lowest BCUT2D eigenvalue weighted by Gasteiger charge is -2.16. The van der Waals surface area contributed by atoms with Gasteiger partial charge in [-0.25, -0.2) is 4.79 Å². The fourth-order valence-corrected chi connectivity index (χ4v) is 1.84. The quantitative estimate of drug-likeness (QED) is 0.183. The van der Waals surface area contributed by atoms with Crippen LogP contribution >= 0.6 is 7.82 Å². The lowest BCUT2D eigenvalue weighted by atomic mass is 10.1. The van der Waals surface area contributed by atoms with E-state index in [9.17, 15) is 14.3 Å². The van der Waals surface area contributed by atoms with Crippen molar-refractivity contribution in [2.45, 2.75) is 65.2 Å². The number of unbranched alkanes of at least 4 members (excludes halogenated alkanes) is 7. The highest BCUT2D eigenvalue weighted by molar-refractivity contribution is 7.45. The van der Waals surface area contributed by atoms with Crippen LogP contribution in [-0.2, 0) is 23.1 Å².